The maximum Gasteiger partial charge on any atom is 0.234 e. The number of benzene rings is 2. The number of imidazole rings is 1. The summed E-state index contributed by atoms with van der Waals surface area (Å²) in [5.74, 6) is 1.01. The van der Waals surface area contributed by atoms with Gasteiger partial charge in [-0.15, -0.1) is 0 Å². The molecule has 0 saturated carbocycles. The molecule has 3 aromatic rings. The Labute approximate surface area is 177 Å². The summed E-state index contributed by atoms with van der Waals surface area (Å²) in [4.78, 5) is 17.3. The number of nitrogens with zero attached hydrogens (tertiary/aromatic N) is 2. The number of rotatable bonds is 7. The van der Waals surface area contributed by atoms with Gasteiger partial charge in [-0.1, -0.05) is 88.0 Å². The minimum absolute atomic E-state index is 0.00531. The summed E-state index contributed by atoms with van der Waals surface area (Å²) in [5, 5.41) is 4.01. The molecule has 1 N–H and O–H groups in total. The van der Waals surface area contributed by atoms with Gasteiger partial charge in [-0.2, -0.15) is 0 Å². The Hall–Kier alpha value is -2.53. The molecule has 0 aliphatic heterocycles. The van der Waals surface area contributed by atoms with E-state index in [0.717, 1.165) is 22.1 Å². The van der Waals surface area contributed by atoms with E-state index >= 15 is 0 Å². The van der Waals surface area contributed by atoms with Crippen molar-refractivity contribution in [2.24, 2.45) is 7.05 Å². The van der Waals surface area contributed by atoms with Crippen molar-refractivity contribution in [3.63, 3.8) is 0 Å². The van der Waals surface area contributed by atoms with Gasteiger partial charge in [0.25, 0.3) is 0 Å². The first-order chi connectivity index (χ1) is 13.9. The molecule has 0 atom stereocenters. The lowest BCUT2D eigenvalue weighted by molar-refractivity contribution is -0.113. The van der Waals surface area contributed by atoms with Crippen LogP contribution in [0.1, 0.15) is 50.7 Å². The second-order valence-electron chi connectivity index (χ2n) is 7.81. The molecule has 152 valence electrons. The van der Waals surface area contributed by atoms with Crippen LogP contribution in [-0.2, 0) is 11.8 Å². The standard InChI is InChI=1S/C24H29N3OS/c1-16(2)19-12-9-13-20(17(3)4)23(19)26-22(28)15-29-24-25-14-21(27(24)5)18-10-7-6-8-11-18/h6-14,16-17H,15H2,1-5H3,(H,26,28). The van der Waals surface area contributed by atoms with E-state index in [2.05, 4.69) is 68.3 Å². The molecule has 29 heavy (non-hydrogen) atoms. The number of thioether (sulfide) groups is 1. The zero-order valence-corrected chi connectivity index (χ0v) is 18.6. The third-order valence-electron chi connectivity index (χ3n) is 4.98. The van der Waals surface area contributed by atoms with Gasteiger partial charge < -0.3 is 9.88 Å². The van der Waals surface area contributed by atoms with Crippen molar-refractivity contribution in [3.05, 3.63) is 65.9 Å². The molecule has 1 amide bonds. The first kappa shape index (κ1) is 21.2. The van der Waals surface area contributed by atoms with Gasteiger partial charge in [-0.3, -0.25) is 4.79 Å². The van der Waals surface area contributed by atoms with Crippen molar-refractivity contribution in [1.29, 1.82) is 0 Å². The first-order valence-electron chi connectivity index (χ1n) is 10.0. The van der Waals surface area contributed by atoms with Crippen LogP contribution in [0.4, 0.5) is 5.69 Å². The highest BCUT2D eigenvalue weighted by Gasteiger charge is 2.17. The van der Waals surface area contributed by atoms with E-state index in [1.54, 1.807) is 0 Å². The highest BCUT2D eigenvalue weighted by Crippen LogP contribution is 2.32. The van der Waals surface area contributed by atoms with Crippen molar-refractivity contribution < 1.29 is 4.79 Å². The summed E-state index contributed by atoms with van der Waals surface area (Å²) >= 11 is 1.46. The molecular formula is C24H29N3OS. The predicted octanol–water partition coefficient (Wildman–Crippen LogP) is 6.06. The molecule has 3 rings (SSSR count). The van der Waals surface area contributed by atoms with Crippen LogP contribution >= 0.6 is 11.8 Å². The van der Waals surface area contributed by atoms with Crippen LogP contribution < -0.4 is 5.32 Å². The third-order valence-corrected chi connectivity index (χ3v) is 6.03. The van der Waals surface area contributed by atoms with E-state index in [-0.39, 0.29) is 5.91 Å². The van der Waals surface area contributed by atoms with Crippen molar-refractivity contribution in [1.82, 2.24) is 9.55 Å². The average Bonchev–Trinajstić information content (AvgIpc) is 3.07. The Balaban J connectivity index is 1.73. The topological polar surface area (TPSA) is 46.9 Å². The summed E-state index contributed by atoms with van der Waals surface area (Å²) in [7, 11) is 1.99. The number of aromatic nitrogens is 2. The fourth-order valence-electron chi connectivity index (χ4n) is 3.40. The van der Waals surface area contributed by atoms with Crippen molar-refractivity contribution in [2.45, 2.75) is 44.7 Å². The maximum atomic E-state index is 12.8. The Morgan fingerprint density at radius 3 is 2.21 bits per heavy atom. The van der Waals surface area contributed by atoms with Gasteiger partial charge in [-0.25, -0.2) is 4.98 Å². The number of para-hydroxylation sites is 1. The summed E-state index contributed by atoms with van der Waals surface area (Å²) in [6.45, 7) is 8.62. The minimum Gasteiger partial charge on any atom is -0.325 e. The summed E-state index contributed by atoms with van der Waals surface area (Å²) in [6.07, 6.45) is 1.86. The van der Waals surface area contributed by atoms with E-state index in [1.807, 2.05) is 36.0 Å². The molecule has 0 radical (unpaired) electrons. The fraction of sp³-hybridized carbons (Fsp3) is 0.333. The number of carbonyl (C=O) groups excluding carboxylic acids is 1. The predicted molar refractivity (Wildman–Crippen MR) is 123 cm³/mol. The van der Waals surface area contributed by atoms with Gasteiger partial charge in [0.1, 0.15) is 0 Å². The number of nitrogens with one attached hydrogen (secondary N) is 1. The summed E-state index contributed by atoms with van der Waals surface area (Å²) < 4.78 is 2.04. The Bertz CT molecular complexity index is 951. The van der Waals surface area contributed by atoms with Gasteiger partial charge in [0.15, 0.2) is 5.16 Å². The van der Waals surface area contributed by atoms with Crippen LogP contribution in [0.25, 0.3) is 11.3 Å². The SMILES string of the molecule is CC(C)c1cccc(C(C)C)c1NC(=O)CSc1ncc(-c2ccccc2)n1C. The van der Waals surface area contributed by atoms with Gasteiger partial charge >= 0.3 is 0 Å². The fourth-order valence-corrected chi connectivity index (χ4v) is 4.16. The molecule has 0 saturated heterocycles. The average molecular weight is 408 g/mol. The van der Waals surface area contributed by atoms with Gasteiger partial charge in [-0.05, 0) is 28.5 Å². The van der Waals surface area contributed by atoms with Crippen molar-refractivity contribution >= 4 is 23.4 Å². The van der Waals surface area contributed by atoms with Crippen molar-refractivity contribution in [2.75, 3.05) is 11.1 Å². The lowest BCUT2D eigenvalue weighted by Crippen LogP contribution is -2.18. The third kappa shape index (κ3) is 4.91. The molecule has 1 heterocycles. The quantitative estimate of drug-likeness (QED) is 0.484. The van der Waals surface area contributed by atoms with Crippen LogP contribution in [0.3, 0.4) is 0 Å². The molecular weight excluding hydrogens is 378 g/mol. The second kappa shape index (κ2) is 9.31. The van der Waals surface area contributed by atoms with Crippen LogP contribution in [0.15, 0.2) is 59.9 Å². The van der Waals surface area contributed by atoms with Gasteiger partial charge in [0, 0.05) is 12.7 Å². The summed E-state index contributed by atoms with van der Waals surface area (Å²) in [5.41, 5.74) is 5.48. The number of amides is 1. The smallest absolute Gasteiger partial charge is 0.234 e. The lowest BCUT2D eigenvalue weighted by atomic mass is 9.92. The van der Waals surface area contributed by atoms with Crippen LogP contribution in [-0.4, -0.2) is 21.2 Å². The van der Waals surface area contributed by atoms with E-state index in [9.17, 15) is 4.79 Å². The lowest BCUT2D eigenvalue weighted by Gasteiger charge is -2.20. The molecule has 5 heteroatoms. The second-order valence-corrected chi connectivity index (χ2v) is 8.75. The molecule has 0 unspecified atom stereocenters. The molecule has 2 aromatic carbocycles. The number of anilines is 1. The van der Waals surface area contributed by atoms with E-state index in [0.29, 0.717) is 17.6 Å². The number of hydrogen-bond donors (Lipinski definition) is 1. The first-order valence-corrected chi connectivity index (χ1v) is 11.0. The highest BCUT2D eigenvalue weighted by atomic mass is 32.2. The van der Waals surface area contributed by atoms with Gasteiger partial charge in [0.05, 0.1) is 17.6 Å². The maximum absolute atomic E-state index is 12.8. The Morgan fingerprint density at radius 2 is 1.62 bits per heavy atom. The van der Waals surface area contributed by atoms with E-state index < -0.39 is 0 Å². The van der Waals surface area contributed by atoms with Crippen LogP contribution in [0.2, 0.25) is 0 Å². The number of hydrogen-bond acceptors (Lipinski definition) is 3. The van der Waals surface area contributed by atoms with E-state index in [4.69, 9.17) is 0 Å². The van der Waals surface area contributed by atoms with Gasteiger partial charge in [0.2, 0.25) is 5.91 Å². The molecule has 0 aliphatic carbocycles. The zero-order chi connectivity index (χ0) is 21.0. The monoisotopic (exact) mass is 407 g/mol. The normalized spacial score (nSPS) is 11.3. The summed E-state index contributed by atoms with van der Waals surface area (Å²) in [6, 6.07) is 16.4. The largest absolute Gasteiger partial charge is 0.325 e. The Kier molecular flexibility index (Phi) is 6.80. The molecule has 0 spiro atoms. The molecule has 4 nitrogen and oxygen atoms in total. The zero-order valence-electron chi connectivity index (χ0n) is 17.8. The molecule has 0 aliphatic rings. The highest BCUT2D eigenvalue weighted by molar-refractivity contribution is 7.99. The number of carbonyl (C=O) groups is 1. The molecule has 0 bridgehead atoms. The molecule has 1 aromatic heterocycles. The Morgan fingerprint density at radius 1 is 1.00 bits per heavy atom. The van der Waals surface area contributed by atoms with E-state index in [1.165, 1.54) is 22.9 Å². The van der Waals surface area contributed by atoms with Crippen LogP contribution in [0, 0.1) is 0 Å². The van der Waals surface area contributed by atoms with Crippen LogP contribution in [0.5, 0.6) is 0 Å². The van der Waals surface area contributed by atoms with Crippen molar-refractivity contribution in [3.8, 4) is 11.3 Å². The molecule has 0 fully saturated rings. The minimum atomic E-state index is -0.00531.